The van der Waals surface area contributed by atoms with Crippen molar-refractivity contribution in [3.63, 3.8) is 0 Å². The van der Waals surface area contributed by atoms with Gasteiger partial charge in [0.2, 0.25) is 5.91 Å². The van der Waals surface area contributed by atoms with Gasteiger partial charge in [0.05, 0.1) is 0 Å². The molecule has 112 valence electrons. The summed E-state index contributed by atoms with van der Waals surface area (Å²) >= 11 is 5.82. The summed E-state index contributed by atoms with van der Waals surface area (Å²) in [6, 6.07) is 0. The fraction of sp³-hybridized carbons (Fsp3) is 0.889. The topological polar surface area (TPSA) is 55.4 Å². The highest BCUT2D eigenvalue weighted by Gasteiger charge is 2.71. The molecule has 4 nitrogen and oxygen atoms in total. The van der Waals surface area contributed by atoms with Gasteiger partial charge >= 0.3 is 12.6 Å². The highest BCUT2D eigenvalue weighted by molar-refractivity contribution is 8.56. The standard InChI is InChI=1S/C9H14ClF3NO3PS/c1-3-4-19-18(16,14-6(2)15)17-7-5-8(11,12)9(7,10)13/h7H,3-5H2,1-2H3,(H,14,15,16). The lowest BCUT2D eigenvalue weighted by Crippen LogP contribution is -2.62. The first-order chi connectivity index (χ1) is 8.54. The predicted molar refractivity (Wildman–Crippen MR) is 68.3 cm³/mol. The molecule has 3 unspecified atom stereocenters. The summed E-state index contributed by atoms with van der Waals surface area (Å²) in [5.41, 5.74) is 0. The maximum atomic E-state index is 13.5. The molecule has 1 fully saturated rings. The first-order valence-electron chi connectivity index (χ1n) is 5.51. The Hall–Kier alpha value is 0.0900. The highest BCUT2D eigenvalue weighted by atomic mass is 35.5. The Morgan fingerprint density at radius 3 is 2.53 bits per heavy atom. The molecule has 0 heterocycles. The minimum absolute atomic E-state index is 0.363. The summed E-state index contributed by atoms with van der Waals surface area (Å²) in [6.45, 7) is -0.897. The third-order valence-corrected chi connectivity index (χ3v) is 7.03. The molecule has 10 heteroatoms. The van der Waals surface area contributed by atoms with E-state index >= 15 is 0 Å². The minimum atomic E-state index is -3.79. The third-order valence-electron chi connectivity index (χ3n) is 2.36. The van der Waals surface area contributed by atoms with Crippen LogP contribution in [0.25, 0.3) is 0 Å². The molecule has 19 heavy (non-hydrogen) atoms. The van der Waals surface area contributed by atoms with Gasteiger partial charge in [-0.1, -0.05) is 18.5 Å². The van der Waals surface area contributed by atoms with Gasteiger partial charge in [-0.05, 0) is 17.8 Å². The molecule has 0 aliphatic heterocycles. The lowest BCUT2D eigenvalue weighted by molar-refractivity contribution is -0.223. The van der Waals surface area contributed by atoms with E-state index in [0.717, 1.165) is 18.3 Å². The molecule has 0 aromatic carbocycles. The van der Waals surface area contributed by atoms with E-state index in [1.807, 2.05) is 5.09 Å². The van der Waals surface area contributed by atoms with E-state index in [4.69, 9.17) is 16.1 Å². The number of nitrogens with one attached hydrogen (secondary N) is 1. The van der Waals surface area contributed by atoms with Gasteiger partial charge in [-0.2, -0.15) is 0 Å². The zero-order valence-electron chi connectivity index (χ0n) is 10.3. The molecule has 0 spiro atoms. The van der Waals surface area contributed by atoms with Crippen LogP contribution in [0.3, 0.4) is 0 Å². The number of carbonyl (C=O) groups excluding carboxylic acids is 1. The second-order valence-electron chi connectivity index (χ2n) is 4.12. The van der Waals surface area contributed by atoms with Crippen molar-refractivity contribution in [1.29, 1.82) is 0 Å². The number of hydrogen-bond donors (Lipinski definition) is 1. The van der Waals surface area contributed by atoms with E-state index < -0.39 is 36.2 Å². The molecule has 0 aromatic rings. The minimum Gasteiger partial charge on any atom is -0.297 e. The summed E-state index contributed by atoms with van der Waals surface area (Å²) in [4.78, 5) is 10.9. The van der Waals surface area contributed by atoms with Gasteiger partial charge in [0.15, 0.2) is 0 Å². The van der Waals surface area contributed by atoms with Crippen molar-refractivity contribution in [3.05, 3.63) is 0 Å². The van der Waals surface area contributed by atoms with Gasteiger partial charge < -0.3 is 0 Å². The van der Waals surface area contributed by atoms with Crippen molar-refractivity contribution < 1.29 is 27.1 Å². The molecule has 0 aromatic heterocycles. The largest absolute Gasteiger partial charge is 0.353 e. The predicted octanol–water partition coefficient (Wildman–Crippen LogP) is 3.70. The van der Waals surface area contributed by atoms with Crippen molar-refractivity contribution in [3.8, 4) is 0 Å². The molecular formula is C9H14ClF3NO3PS. The van der Waals surface area contributed by atoms with Crippen molar-refractivity contribution in [2.75, 3.05) is 5.75 Å². The lowest BCUT2D eigenvalue weighted by Gasteiger charge is -2.45. The Balaban J connectivity index is 2.74. The molecule has 0 radical (unpaired) electrons. The fourth-order valence-electron chi connectivity index (χ4n) is 1.37. The Morgan fingerprint density at radius 2 is 2.16 bits per heavy atom. The normalized spacial score (nSPS) is 32.2. The van der Waals surface area contributed by atoms with Gasteiger partial charge in [-0.25, -0.2) is 13.2 Å². The van der Waals surface area contributed by atoms with Crippen LogP contribution >= 0.6 is 29.7 Å². The van der Waals surface area contributed by atoms with Crippen molar-refractivity contribution in [2.45, 2.75) is 43.8 Å². The second kappa shape index (κ2) is 5.84. The van der Waals surface area contributed by atoms with Gasteiger partial charge in [0.25, 0.3) is 5.13 Å². The van der Waals surface area contributed by atoms with Crippen LogP contribution in [0.2, 0.25) is 0 Å². The maximum Gasteiger partial charge on any atom is 0.353 e. The smallest absolute Gasteiger partial charge is 0.297 e. The Bertz CT molecular complexity index is 410. The average Bonchev–Trinajstić information content (AvgIpc) is 2.24. The number of carbonyl (C=O) groups is 1. The van der Waals surface area contributed by atoms with Gasteiger partial charge in [-0.3, -0.25) is 19.0 Å². The number of halogens is 4. The number of hydrogen-bond acceptors (Lipinski definition) is 4. The Morgan fingerprint density at radius 1 is 1.58 bits per heavy atom. The monoisotopic (exact) mass is 339 g/mol. The van der Waals surface area contributed by atoms with Crippen LogP contribution in [-0.2, 0) is 13.9 Å². The Kier molecular flexibility index (Phi) is 5.26. The molecule has 3 atom stereocenters. The van der Waals surface area contributed by atoms with Crippen molar-refractivity contribution >= 4 is 35.6 Å². The van der Waals surface area contributed by atoms with Crippen LogP contribution in [-0.4, -0.2) is 28.8 Å². The quantitative estimate of drug-likeness (QED) is 0.592. The van der Waals surface area contributed by atoms with Crippen molar-refractivity contribution in [2.24, 2.45) is 0 Å². The van der Waals surface area contributed by atoms with Crippen LogP contribution in [0.5, 0.6) is 0 Å². The van der Waals surface area contributed by atoms with E-state index in [9.17, 15) is 22.5 Å². The molecule has 1 rings (SSSR count). The SMILES string of the molecule is CCCSP(=O)(NC(C)=O)OC1CC(F)(F)C1(F)Cl. The summed E-state index contributed by atoms with van der Waals surface area (Å²) in [5, 5.41) is -1.35. The number of rotatable bonds is 6. The van der Waals surface area contributed by atoms with E-state index in [1.54, 1.807) is 6.92 Å². The van der Waals surface area contributed by atoms with E-state index in [0.29, 0.717) is 12.2 Å². The molecule has 1 N–H and O–H groups in total. The maximum absolute atomic E-state index is 13.5. The Labute approximate surface area is 118 Å². The number of alkyl halides is 4. The van der Waals surface area contributed by atoms with Crippen LogP contribution in [0, 0.1) is 0 Å². The summed E-state index contributed by atoms with van der Waals surface area (Å²) in [6.07, 6.45) is -2.06. The zero-order valence-corrected chi connectivity index (χ0v) is 12.8. The van der Waals surface area contributed by atoms with Crippen LogP contribution < -0.4 is 5.09 Å². The molecule has 1 amide bonds. The molecule has 1 saturated carbocycles. The van der Waals surface area contributed by atoms with Crippen LogP contribution in [0.15, 0.2) is 0 Å². The van der Waals surface area contributed by atoms with Gasteiger partial charge in [-0.15, -0.1) is 0 Å². The van der Waals surface area contributed by atoms with Crippen molar-refractivity contribution in [1.82, 2.24) is 5.09 Å². The van der Waals surface area contributed by atoms with Gasteiger partial charge in [0, 0.05) is 19.1 Å². The summed E-state index contributed by atoms with van der Waals surface area (Å²) in [5.74, 6) is -4.02. The van der Waals surface area contributed by atoms with Crippen LogP contribution in [0.4, 0.5) is 13.2 Å². The number of amides is 1. The summed E-state index contributed by atoms with van der Waals surface area (Å²) in [7, 11) is 0. The fourth-order valence-corrected chi connectivity index (χ4v) is 5.51. The first-order valence-corrected chi connectivity index (χ1v) is 9.11. The molecule has 0 bridgehead atoms. The van der Waals surface area contributed by atoms with E-state index in [1.165, 1.54) is 0 Å². The molecule has 1 aliphatic rings. The second-order valence-corrected chi connectivity index (χ2v) is 8.99. The first kappa shape index (κ1) is 17.1. The lowest BCUT2D eigenvalue weighted by atomic mass is 9.88. The third kappa shape index (κ3) is 3.80. The zero-order chi connectivity index (χ0) is 14.9. The molecule has 1 aliphatic carbocycles. The van der Waals surface area contributed by atoms with E-state index in [2.05, 4.69) is 0 Å². The van der Waals surface area contributed by atoms with Crippen LogP contribution in [0.1, 0.15) is 26.7 Å². The molecule has 0 saturated heterocycles. The van der Waals surface area contributed by atoms with Gasteiger partial charge in [0.1, 0.15) is 6.10 Å². The summed E-state index contributed by atoms with van der Waals surface area (Å²) < 4.78 is 56.3. The molecular weight excluding hydrogens is 326 g/mol. The highest BCUT2D eigenvalue weighted by Crippen LogP contribution is 2.64. The van der Waals surface area contributed by atoms with E-state index in [-0.39, 0.29) is 0 Å². The average molecular weight is 340 g/mol.